The number of aliphatic imine (C=N–C) groups is 1. The maximum absolute atomic E-state index is 5.48. The van der Waals surface area contributed by atoms with Crippen LogP contribution < -0.4 is 9.47 Å². The second-order valence-electron chi connectivity index (χ2n) is 6.50. The standard InChI is InChI=1S/C24H22N2O2/c1-26-22-12-8-7-11-19(22)20(24(26)17-9-5-4-6-10-17)16-25-21-14-13-18(27-2)15-23(21)28-3/h4-16H,1-3H3. The predicted molar refractivity (Wildman–Crippen MR) is 115 cm³/mol. The number of aryl methyl sites for hydroxylation is 1. The SMILES string of the molecule is COc1ccc(N=Cc2c(-c3ccccc3)n(C)c3ccccc23)c(OC)c1. The molecule has 3 aromatic carbocycles. The Morgan fingerprint density at radius 2 is 1.61 bits per heavy atom. The first-order valence-electron chi connectivity index (χ1n) is 9.12. The molecule has 4 rings (SSSR count). The molecular formula is C24H22N2O2. The van der Waals surface area contributed by atoms with Crippen LogP contribution in [0.15, 0.2) is 77.8 Å². The van der Waals surface area contributed by atoms with Crippen LogP contribution in [0, 0.1) is 0 Å². The number of fused-ring (bicyclic) bond motifs is 1. The van der Waals surface area contributed by atoms with E-state index in [-0.39, 0.29) is 0 Å². The van der Waals surface area contributed by atoms with Crippen LogP contribution in [0.3, 0.4) is 0 Å². The van der Waals surface area contributed by atoms with Gasteiger partial charge in [-0.3, -0.25) is 4.99 Å². The number of benzene rings is 3. The van der Waals surface area contributed by atoms with Gasteiger partial charge in [-0.1, -0.05) is 48.5 Å². The summed E-state index contributed by atoms with van der Waals surface area (Å²) in [7, 11) is 5.37. The molecule has 0 amide bonds. The molecule has 0 radical (unpaired) electrons. The molecule has 0 saturated heterocycles. The van der Waals surface area contributed by atoms with Gasteiger partial charge in [0, 0.05) is 35.8 Å². The summed E-state index contributed by atoms with van der Waals surface area (Å²) in [6.45, 7) is 0. The fraction of sp³-hybridized carbons (Fsp3) is 0.125. The molecule has 1 aromatic heterocycles. The number of hydrogen-bond acceptors (Lipinski definition) is 3. The minimum Gasteiger partial charge on any atom is -0.497 e. The third-order valence-corrected chi connectivity index (χ3v) is 4.91. The molecule has 1 heterocycles. The molecule has 0 atom stereocenters. The summed E-state index contributed by atoms with van der Waals surface area (Å²) in [5.41, 5.74) is 5.31. The lowest BCUT2D eigenvalue weighted by Crippen LogP contribution is -1.94. The lowest BCUT2D eigenvalue weighted by Gasteiger charge is -2.08. The van der Waals surface area contributed by atoms with E-state index in [1.54, 1.807) is 14.2 Å². The Labute approximate surface area is 164 Å². The fourth-order valence-corrected chi connectivity index (χ4v) is 3.52. The summed E-state index contributed by atoms with van der Waals surface area (Å²) in [6.07, 6.45) is 1.93. The van der Waals surface area contributed by atoms with Crippen molar-refractivity contribution in [1.29, 1.82) is 0 Å². The summed E-state index contributed by atoms with van der Waals surface area (Å²) >= 11 is 0. The Morgan fingerprint density at radius 3 is 2.36 bits per heavy atom. The second kappa shape index (κ2) is 7.61. The average Bonchev–Trinajstić information content (AvgIpc) is 3.04. The fourth-order valence-electron chi connectivity index (χ4n) is 3.52. The van der Waals surface area contributed by atoms with Crippen molar-refractivity contribution in [2.24, 2.45) is 12.0 Å². The highest BCUT2D eigenvalue weighted by molar-refractivity contribution is 6.07. The molecule has 0 saturated carbocycles. The zero-order chi connectivity index (χ0) is 19.5. The monoisotopic (exact) mass is 370 g/mol. The Bertz CT molecular complexity index is 1140. The van der Waals surface area contributed by atoms with Gasteiger partial charge in [0.1, 0.15) is 17.2 Å². The molecule has 28 heavy (non-hydrogen) atoms. The molecule has 0 spiro atoms. The summed E-state index contributed by atoms with van der Waals surface area (Å²) in [5.74, 6) is 1.42. The van der Waals surface area contributed by atoms with Gasteiger partial charge in [-0.25, -0.2) is 0 Å². The van der Waals surface area contributed by atoms with Crippen LogP contribution in [-0.4, -0.2) is 25.0 Å². The highest BCUT2D eigenvalue weighted by Gasteiger charge is 2.15. The van der Waals surface area contributed by atoms with Crippen LogP contribution in [0.2, 0.25) is 0 Å². The first-order chi connectivity index (χ1) is 13.7. The maximum atomic E-state index is 5.48. The number of ether oxygens (including phenoxy) is 2. The minimum absolute atomic E-state index is 0.678. The van der Waals surface area contributed by atoms with Gasteiger partial charge in [0.2, 0.25) is 0 Å². The molecule has 4 heteroatoms. The smallest absolute Gasteiger partial charge is 0.148 e. The van der Waals surface area contributed by atoms with Crippen LogP contribution in [0.5, 0.6) is 11.5 Å². The van der Waals surface area contributed by atoms with Gasteiger partial charge < -0.3 is 14.0 Å². The third-order valence-electron chi connectivity index (χ3n) is 4.91. The quantitative estimate of drug-likeness (QED) is 0.428. The summed E-state index contributed by atoms with van der Waals surface area (Å²) in [6, 6.07) is 24.4. The number of aromatic nitrogens is 1. The van der Waals surface area contributed by atoms with Crippen molar-refractivity contribution in [2.75, 3.05) is 14.2 Å². The van der Waals surface area contributed by atoms with Gasteiger partial charge in [-0.15, -0.1) is 0 Å². The first-order valence-corrected chi connectivity index (χ1v) is 9.12. The number of rotatable bonds is 5. The van der Waals surface area contributed by atoms with Crippen LogP contribution >= 0.6 is 0 Å². The van der Waals surface area contributed by atoms with E-state index in [4.69, 9.17) is 14.5 Å². The van der Waals surface area contributed by atoms with E-state index in [1.807, 2.05) is 30.5 Å². The Hall–Kier alpha value is -3.53. The van der Waals surface area contributed by atoms with E-state index < -0.39 is 0 Å². The van der Waals surface area contributed by atoms with Crippen molar-refractivity contribution in [3.8, 4) is 22.8 Å². The van der Waals surface area contributed by atoms with Crippen molar-refractivity contribution in [3.05, 3.63) is 78.4 Å². The number of nitrogens with zero attached hydrogens (tertiary/aromatic N) is 2. The Kier molecular flexibility index (Phi) is 4.85. The first kappa shape index (κ1) is 17.9. The number of hydrogen-bond donors (Lipinski definition) is 0. The highest BCUT2D eigenvalue weighted by atomic mass is 16.5. The molecule has 4 nitrogen and oxygen atoms in total. The van der Waals surface area contributed by atoms with Crippen LogP contribution in [0.1, 0.15) is 5.56 Å². The summed E-state index contributed by atoms with van der Waals surface area (Å²) < 4.78 is 13.0. The van der Waals surface area contributed by atoms with Crippen LogP contribution in [0.25, 0.3) is 22.2 Å². The third kappa shape index (κ3) is 3.14. The lowest BCUT2D eigenvalue weighted by atomic mass is 10.1. The van der Waals surface area contributed by atoms with Gasteiger partial charge >= 0.3 is 0 Å². The van der Waals surface area contributed by atoms with E-state index in [2.05, 4.69) is 60.1 Å². The van der Waals surface area contributed by atoms with Gasteiger partial charge in [-0.05, 0) is 23.8 Å². The van der Waals surface area contributed by atoms with Crippen molar-refractivity contribution in [2.45, 2.75) is 0 Å². The minimum atomic E-state index is 0.678. The predicted octanol–water partition coefficient (Wildman–Crippen LogP) is 5.61. The Balaban J connectivity index is 1.88. The van der Waals surface area contributed by atoms with E-state index in [1.165, 1.54) is 10.9 Å². The van der Waals surface area contributed by atoms with Gasteiger partial charge in [0.05, 0.1) is 19.9 Å². The van der Waals surface area contributed by atoms with Gasteiger partial charge in [-0.2, -0.15) is 0 Å². The summed E-state index contributed by atoms with van der Waals surface area (Å²) in [4.78, 5) is 4.75. The maximum Gasteiger partial charge on any atom is 0.148 e. The van der Waals surface area contributed by atoms with Crippen molar-refractivity contribution in [1.82, 2.24) is 4.57 Å². The molecular weight excluding hydrogens is 348 g/mol. The average molecular weight is 370 g/mol. The van der Waals surface area contributed by atoms with Crippen molar-refractivity contribution < 1.29 is 9.47 Å². The van der Waals surface area contributed by atoms with E-state index in [9.17, 15) is 0 Å². The lowest BCUT2D eigenvalue weighted by molar-refractivity contribution is 0.395. The Morgan fingerprint density at radius 1 is 0.857 bits per heavy atom. The normalized spacial score (nSPS) is 11.2. The van der Waals surface area contributed by atoms with Crippen molar-refractivity contribution in [3.63, 3.8) is 0 Å². The molecule has 0 unspecified atom stereocenters. The van der Waals surface area contributed by atoms with Crippen LogP contribution in [-0.2, 0) is 7.05 Å². The molecule has 4 aromatic rings. The largest absolute Gasteiger partial charge is 0.497 e. The topological polar surface area (TPSA) is 35.8 Å². The number of methoxy groups -OCH3 is 2. The van der Waals surface area contributed by atoms with E-state index in [0.29, 0.717) is 5.75 Å². The molecule has 0 aliphatic carbocycles. The number of para-hydroxylation sites is 1. The molecule has 0 aliphatic heterocycles. The van der Waals surface area contributed by atoms with Gasteiger partial charge in [0.15, 0.2) is 0 Å². The molecule has 0 N–H and O–H groups in total. The van der Waals surface area contributed by atoms with E-state index in [0.717, 1.165) is 28.3 Å². The molecule has 0 bridgehead atoms. The summed E-state index contributed by atoms with van der Waals surface area (Å²) in [5, 5.41) is 1.17. The zero-order valence-electron chi connectivity index (χ0n) is 16.2. The zero-order valence-corrected chi connectivity index (χ0v) is 16.2. The highest BCUT2D eigenvalue weighted by Crippen LogP contribution is 2.34. The molecule has 0 aliphatic rings. The van der Waals surface area contributed by atoms with Crippen molar-refractivity contribution >= 4 is 22.8 Å². The second-order valence-corrected chi connectivity index (χ2v) is 6.50. The van der Waals surface area contributed by atoms with E-state index >= 15 is 0 Å². The van der Waals surface area contributed by atoms with Gasteiger partial charge in [0.25, 0.3) is 0 Å². The molecule has 0 fully saturated rings. The van der Waals surface area contributed by atoms with Crippen LogP contribution in [0.4, 0.5) is 5.69 Å². The molecule has 140 valence electrons.